The Labute approximate surface area is 320 Å². The highest BCUT2D eigenvalue weighted by molar-refractivity contribution is 5.53. The van der Waals surface area contributed by atoms with E-state index >= 15 is 0 Å². The number of pyridine rings is 2. The summed E-state index contributed by atoms with van der Waals surface area (Å²) in [5.74, 6) is 4.05. The monoisotopic (exact) mass is 723 g/mol. The van der Waals surface area contributed by atoms with Crippen molar-refractivity contribution in [1.82, 2.24) is 15.3 Å². The van der Waals surface area contributed by atoms with Gasteiger partial charge in [-0.1, -0.05) is 52.0 Å². The van der Waals surface area contributed by atoms with Crippen LogP contribution in [0.4, 0.5) is 0 Å². The van der Waals surface area contributed by atoms with E-state index in [1.165, 1.54) is 48.8 Å². The number of aryl methyl sites for hydroxylation is 2. The Kier molecular flexibility index (Phi) is 20.5. The lowest BCUT2D eigenvalue weighted by molar-refractivity contribution is -0.112. The number of ether oxygens (including phenoxy) is 2. The molecule has 0 saturated heterocycles. The first kappa shape index (κ1) is 43.3. The van der Waals surface area contributed by atoms with Crippen LogP contribution in [-0.2, 0) is 17.9 Å². The zero-order valence-electron chi connectivity index (χ0n) is 33.3. The fourth-order valence-corrected chi connectivity index (χ4v) is 7.07. The Morgan fingerprint density at radius 2 is 1.23 bits per heavy atom. The largest absolute Gasteiger partial charge is 0.490 e. The molecule has 0 spiro atoms. The highest BCUT2D eigenvalue weighted by Crippen LogP contribution is 2.33. The molecule has 288 valence electrons. The maximum Gasteiger partial charge on any atom is 0.123 e. The van der Waals surface area contributed by atoms with E-state index in [0.717, 1.165) is 61.6 Å². The van der Waals surface area contributed by atoms with Crippen LogP contribution in [0.3, 0.4) is 0 Å². The van der Waals surface area contributed by atoms with E-state index in [0.29, 0.717) is 24.5 Å². The number of rotatable bonds is 12. The molecule has 2 unspecified atom stereocenters. The van der Waals surface area contributed by atoms with Crippen LogP contribution in [0.1, 0.15) is 101 Å². The van der Waals surface area contributed by atoms with Crippen molar-refractivity contribution in [3.05, 3.63) is 120 Å². The van der Waals surface area contributed by atoms with E-state index in [1.54, 1.807) is 12.4 Å². The molecule has 2 fully saturated rings. The fraction of sp³-hybridized carbons (Fsp3) is 0.500. The van der Waals surface area contributed by atoms with Crippen molar-refractivity contribution in [2.75, 3.05) is 6.54 Å². The van der Waals surface area contributed by atoms with Gasteiger partial charge in [-0.05, 0) is 160 Å². The van der Waals surface area contributed by atoms with Crippen LogP contribution in [0, 0.1) is 37.5 Å². The molecule has 2 heterocycles. The molecule has 2 aliphatic rings. The number of nitrogens with one attached hydrogen (secondary N) is 1. The summed E-state index contributed by atoms with van der Waals surface area (Å²) in [7, 11) is 0. The topological polar surface area (TPSA) is 99.4 Å². The molecule has 7 heteroatoms. The summed E-state index contributed by atoms with van der Waals surface area (Å²) < 4.78 is 12.3. The zero-order valence-corrected chi connectivity index (χ0v) is 33.3. The third-order valence-corrected chi connectivity index (χ3v) is 10.2. The summed E-state index contributed by atoms with van der Waals surface area (Å²) in [6, 6.07) is 24.6. The van der Waals surface area contributed by atoms with Crippen LogP contribution in [0.2, 0.25) is 0 Å². The number of carbonyl (C=O) groups is 1. The van der Waals surface area contributed by atoms with Gasteiger partial charge in [-0.3, -0.25) is 9.97 Å². The van der Waals surface area contributed by atoms with E-state index in [4.69, 9.17) is 15.2 Å². The number of nitrogens with zero attached hydrogens (tertiary/aromatic N) is 2. The quantitative estimate of drug-likeness (QED) is 0.140. The number of aromatic nitrogens is 2. The molecule has 6 rings (SSSR count). The lowest BCUT2D eigenvalue weighted by atomic mass is 9.79. The van der Waals surface area contributed by atoms with Gasteiger partial charge in [0.2, 0.25) is 0 Å². The number of nitrogens with two attached hydrogens (primary N) is 1. The van der Waals surface area contributed by atoms with Crippen molar-refractivity contribution in [2.45, 2.75) is 118 Å². The standard InChI is InChI=1S/C22H30N2O.C16H22O2.C6H8N2.C2H6/c1-17-5-3-7-21(13-17)25-22-8-4-6-20(14-22)18(2)15-24-16-19-9-11-23-12-10-19;1-12-5-3-7-15(9-12)18-16-8-4-6-14(10-16)13(2)11-17;7-5-6-1-3-8-4-2-6;1-2/h3,5,7,9-13,18,20,22,24H,4,6,8,14-16H2,1-2H3;3,5,7,9,11,13-14,16H,4,6,8,10H2,1-2H3;1-4H,5,7H2;1-2H3/t18?,20-,22+;13?,14-,16+;;/m00../s1. The maximum absolute atomic E-state index is 10.9. The molecule has 2 aromatic heterocycles. The normalized spacial score (nSPS) is 20.4. The van der Waals surface area contributed by atoms with Crippen molar-refractivity contribution in [3.63, 3.8) is 0 Å². The maximum atomic E-state index is 10.9. The second-order valence-electron chi connectivity index (χ2n) is 14.5. The molecule has 7 nitrogen and oxygen atoms in total. The average molecular weight is 723 g/mol. The minimum absolute atomic E-state index is 0.161. The van der Waals surface area contributed by atoms with E-state index in [9.17, 15) is 4.79 Å². The van der Waals surface area contributed by atoms with Crippen LogP contribution in [0.15, 0.2) is 97.6 Å². The lowest BCUT2D eigenvalue weighted by Crippen LogP contribution is -2.33. The zero-order chi connectivity index (χ0) is 38.3. The summed E-state index contributed by atoms with van der Waals surface area (Å²) in [6.07, 6.45) is 18.3. The summed E-state index contributed by atoms with van der Waals surface area (Å²) in [5, 5.41) is 3.60. The van der Waals surface area contributed by atoms with Crippen LogP contribution in [0.25, 0.3) is 0 Å². The third-order valence-electron chi connectivity index (χ3n) is 10.2. The summed E-state index contributed by atoms with van der Waals surface area (Å²) in [4.78, 5) is 18.8. The van der Waals surface area contributed by atoms with E-state index in [2.05, 4.69) is 84.6 Å². The molecular formula is C46H66N4O3. The summed E-state index contributed by atoms with van der Waals surface area (Å²) in [5.41, 5.74) is 10.2. The Morgan fingerprint density at radius 3 is 1.70 bits per heavy atom. The molecule has 0 aliphatic heterocycles. The second-order valence-corrected chi connectivity index (χ2v) is 14.5. The van der Waals surface area contributed by atoms with Gasteiger partial charge in [0.15, 0.2) is 0 Å². The molecule has 0 radical (unpaired) electrons. The van der Waals surface area contributed by atoms with E-state index in [1.807, 2.05) is 57.4 Å². The average Bonchev–Trinajstić information content (AvgIpc) is 3.20. The van der Waals surface area contributed by atoms with Gasteiger partial charge in [0, 0.05) is 43.8 Å². The summed E-state index contributed by atoms with van der Waals surface area (Å²) in [6.45, 7) is 15.2. The first-order valence-electron chi connectivity index (χ1n) is 19.9. The molecule has 0 bridgehead atoms. The Morgan fingerprint density at radius 1 is 0.736 bits per heavy atom. The molecule has 2 saturated carbocycles. The van der Waals surface area contributed by atoms with Gasteiger partial charge in [-0.15, -0.1) is 0 Å². The van der Waals surface area contributed by atoms with Gasteiger partial charge in [-0.25, -0.2) is 0 Å². The van der Waals surface area contributed by atoms with Gasteiger partial charge >= 0.3 is 0 Å². The van der Waals surface area contributed by atoms with Gasteiger partial charge in [0.25, 0.3) is 0 Å². The molecule has 2 aliphatic carbocycles. The Bertz CT molecular complexity index is 1540. The highest BCUT2D eigenvalue weighted by Gasteiger charge is 2.28. The van der Waals surface area contributed by atoms with Gasteiger partial charge in [0.1, 0.15) is 17.8 Å². The summed E-state index contributed by atoms with van der Waals surface area (Å²) >= 11 is 0. The molecule has 53 heavy (non-hydrogen) atoms. The van der Waals surface area contributed by atoms with Crippen LogP contribution in [-0.4, -0.2) is 35.0 Å². The van der Waals surface area contributed by atoms with Crippen molar-refractivity contribution in [1.29, 1.82) is 0 Å². The number of benzene rings is 2. The molecule has 0 amide bonds. The predicted octanol–water partition coefficient (Wildman–Crippen LogP) is 10.1. The van der Waals surface area contributed by atoms with Crippen LogP contribution in [0.5, 0.6) is 11.5 Å². The molecule has 4 aromatic rings. The van der Waals surface area contributed by atoms with Crippen molar-refractivity contribution in [3.8, 4) is 11.5 Å². The predicted molar refractivity (Wildman–Crippen MR) is 219 cm³/mol. The Hall–Kier alpha value is -4.07. The van der Waals surface area contributed by atoms with Gasteiger partial charge < -0.3 is 25.3 Å². The van der Waals surface area contributed by atoms with Gasteiger partial charge in [-0.2, -0.15) is 0 Å². The first-order valence-corrected chi connectivity index (χ1v) is 19.9. The smallest absolute Gasteiger partial charge is 0.123 e. The van der Waals surface area contributed by atoms with Crippen LogP contribution < -0.4 is 20.5 Å². The van der Waals surface area contributed by atoms with Crippen LogP contribution >= 0.6 is 0 Å². The number of aldehydes is 1. The van der Waals surface area contributed by atoms with E-state index in [-0.39, 0.29) is 12.0 Å². The molecule has 2 aromatic carbocycles. The molecular weight excluding hydrogens is 657 g/mol. The highest BCUT2D eigenvalue weighted by atomic mass is 16.5. The number of carbonyl (C=O) groups excluding carboxylic acids is 1. The molecule has 3 N–H and O–H groups in total. The SMILES string of the molecule is CC.Cc1cccc(O[C@@H]2CCC[C@H](C(C)C=O)C2)c1.Cc1cccc(O[C@@H]2CCC[C@H](C(C)CNCc3ccncc3)C2)c1.NCc1ccncc1. The number of hydrogen-bond acceptors (Lipinski definition) is 7. The number of hydrogen-bond donors (Lipinski definition) is 2. The van der Waals surface area contributed by atoms with Gasteiger partial charge in [0.05, 0.1) is 12.2 Å². The molecule has 6 atom stereocenters. The third kappa shape index (κ3) is 16.6. The minimum atomic E-state index is 0.161. The van der Waals surface area contributed by atoms with E-state index < -0.39 is 0 Å². The lowest BCUT2D eigenvalue weighted by Gasteiger charge is -2.33. The second kappa shape index (κ2) is 25.0. The first-order chi connectivity index (χ1) is 25.8. The Balaban J connectivity index is 0.000000234. The fourth-order valence-electron chi connectivity index (χ4n) is 7.07. The van der Waals surface area contributed by atoms with Crippen molar-refractivity contribution < 1.29 is 14.3 Å². The minimum Gasteiger partial charge on any atom is -0.490 e. The van der Waals surface area contributed by atoms with Crippen molar-refractivity contribution >= 4 is 6.29 Å². The van der Waals surface area contributed by atoms with Crippen molar-refractivity contribution in [2.24, 2.45) is 29.4 Å².